The Balaban J connectivity index is 2.03. The van der Waals surface area contributed by atoms with E-state index in [1.165, 1.54) is 0 Å². The summed E-state index contributed by atoms with van der Waals surface area (Å²) < 4.78 is 5.34. The second-order valence-electron chi connectivity index (χ2n) is 6.93. The van der Waals surface area contributed by atoms with Crippen molar-refractivity contribution in [3.63, 3.8) is 0 Å². The number of hydrogen-bond acceptors (Lipinski definition) is 5. The fourth-order valence-corrected chi connectivity index (χ4v) is 2.92. The number of nitriles is 1. The lowest BCUT2D eigenvalue weighted by atomic mass is 9.90. The number of amides is 1. The number of hydrogen-bond donors (Lipinski definition) is 2. The van der Waals surface area contributed by atoms with Crippen LogP contribution in [0.5, 0.6) is 0 Å². The molecular formula is C17H23ClN4O2. The molecule has 1 unspecified atom stereocenters. The second kappa shape index (κ2) is 7.71. The van der Waals surface area contributed by atoms with E-state index in [0.29, 0.717) is 11.4 Å². The number of ether oxygens (including phenoxy) is 1. The van der Waals surface area contributed by atoms with Gasteiger partial charge in [-0.05, 0) is 45.7 Å². The van der Waals surface area contributed by atoms with Crippen LogP contribution in [-0.4, -0.2) is 28.8 Å². The third kappa shape index (κ3) is 5.27. The van der Waals surface area contributed by atoms with Crippen molar-refractivity contribution in [2.75, 3.05) is 5.32 Å². The van der Waals surface area contributed by atoms with Gasteiger partial charge in [-0.15, -0.1) is 0 Å². The number of halogens is 1. The predicted molar refractivity (Wildman–Crippen MR) is 93.0 cm³/mol. The van der Waals surface area contributed by atoms with Crippen LogP contribution in [0.15, 0.2) is 12.1 Å². The molecule has 2 N–H and O–H groups in total. The molecule has 7 heteroatoms. The summed E-state index contributed by atoms with van der Waals surface area (Å²) in [6.07, 6.45) is 3.52. The molecule has 0 aliphatic heterocycles. The molecule has 130 valence electrons. The van der Waals surface area contributed by atoms with Gasteiger partial charge in [0.2, 0.25) is 0 Å². The molecule has 6 nitrogen and oxygen atoms in total. The summed E-state index contributed by atoms with van der Waals surface area (Å²) in [5, 5.41) is 15.3. The van der Waals surface area contributed by atoms with E-state index in [4.69, 9.17) is 21.6 Å². The smallest absolute Gasteiger partial charge is 0.407 e. The van der Waals surface area contributed by atoms with Gasteiger partial charge in [-0.3, -0.25) is 0 Å². The zero-order chi connectivity index (χ0) is 17.7. The minimum absolute atomic E-state index is 0.0372. The number of aromatic nitrogens is 1. The summed E-state index contributed by atoms with van der Waals surface area (Å²) in [6, 6.07) is 5.36. The van der Waals surface area contributed by atoms with Crippen LogP contribution < -0.4 is 10.6 Å². The Morgan fingerprint density at radius 3 is 2.58 bits per heavy atom. The van der Waals surface area contributed by atoms with Crippen molar-refractivity contribution in [1.82, 2.24) is 10.3 Å². The average molecular weight is 351 g/mol. The van der Waals surface area contributed by atoms with E-state index in [2.05, 4.69) is 15.6 Å². The van der Waals surface area contributed by atoms with Gasteiger partial charge in [-0.25, -0.2) is 9.78 Å². The normalized spacial score (nSPS) is 20.8. The first-order valence-corrected chi connectivity index (χ1v) is 8.49. The fourth-order valence-electron chi connectivity index (χ4n) is 2.72. The van der Waals surface area contributed by atoms with Gasteiger partial charge in [0.1, 0.15) is 22.6 Å². The van der Waals surface area contributed by atoms with Crippen molar-refractivity contribution in [2.24, 2.45) is 0 Å². The van der Waals surface area contributed by atoms with E-state index in [0.717, 1.165) is 25.7 Å². The quantitative estimate of drug-likeness (QED) is 0.808. The van der Waals surface area contributed by atoms with Gasteiger partial charge >= 0.3 is 6.09 Å². The number of alkyl carbamates (subject to hydrolysis) is 1. The number of rotatable bonds is 3. The van der Waals surface area contributed by atoms with Crippen molar-refractivity contribution in [2.45, 2.75) is 64.1 Å². The molecule has 1 aromatic rings. The van der Waals surface area contributed by atoms with Crippen molar-refractivity contribution < 1.29 is 9.53 Å². The van der Waals surface area contributed by atoms with Gasteiger partial charge in [-0.1, -0.05) is 24.4 Å². The lowest BCUT2D eigenvalue weighted by molar-refractivity contribution is 0.0488. The van der Waals surface area contributed by atoms with Crippen LogP contribution in [0.1, 0.15) is 52.0 Å². The largest absolute Gasteiger partial charge is 0.444 e. The maximum absolute atomic E-state index is 12.0. The summed E-state index contributed by atoms with van der Waals surface area (Å²) in [5.41, 5.74) is -0.182. The highest BCUT2D eigenvalue weighted by molar-refractivity contribution is 6.30. The van der Waals surface area contributed by atoms with Gasteiger partial charge in [0, 0.05) is 6.04 Å². The molecule has 0 saturated heterocycles. The molecule has 24 heavy (non-hydrogen) atoms. The third-order valence-corrected chi connectivity index (χ3v) is 4.06. The Kier molecular flexibility index (Phi) is 5.89. The van der Waals surface area contributed by atoms with Crippen molar-refractivity contribution in [3.05, 3.63) is 22.8 Å². The molecule has 1 aliphatic rings. The average Bonchev–Trinajstić information content (AvgIpc) is 2.47. The maximum Gasteiger partial charge on any atom is 0.407 e. The molecular weight excluding hydrogens is 328 g/mol. The SMILES string of the molecule is CC(C)(C)OC(=O)NC1CCCC[C@H]1Nc1ccc(C#N)c(Cl)n1. The Morgan fingerprint density at radius 2 is 2.00 bits per heavy atom. The Morgan fingerprint density at radius 1 is 1.33 bits per heavy atom. The second-order valence-corrected chi connectivity index (χ2v) is 7.29. The van der Waals surface area contributed by atoms with Crippen LogP contribution in [-0.2, 0) is 4.74 Å². The summed E-state index contributed by atoms with van der Waals surface area (Å²) in [5.74, 6) is 0.599. The first-order chi connectivity index (χ1) is 11.3. The summed E-state index contributed by atoms with van der Waals surface area (Å²) >= 11 is 5.98. The number of nitrogens with one attached hydrogen (secondary N) is 2. The van der Waals surface area contributed by atoms with Crippen molar-refractivity contribution in [1.29, 1.82) is 5.26 Å². The van der Waals surface area contributed by atoms with Gasteiger partial charge in [-0.2, -0.15) is 5.26 Å². The Bertz CT molecular complexity index is 636. The van der Waals surface area contributed by atoms with E-state index >= 15 is 0 Å². The van der Waals surface area contributed by atoms with Gasteiger partial charge in [0.05, 0.1) is 11.6 Å². The first kappa shape index (κ1) is 18.3. The Hall–Kier alpha value is -2.00. The molecule has 2 atom stereocenters. The lowest BCUT2D eigenvalue weighted by Gasteiger charge is -2.33. The highest BCUT2D eigenvalue weighted by atomic mass is 35.5. The maximum atomic E-state index is 12.0. The topological polar surface area (TPSA) is 87.0 Å². The van der Waals surface area contributed by atoms with E-state index in [1.807, 2.05) is 26.8 Å². The number of carbonyl (C=O) groups excluding carboxylic acids is 1. The zero-order valence-corrected chi connectivity index (χ0v) is 15.0. The van der Waals surface area contributed by atoms with Crippen LogP contribution in [0.3, 0.4) is 0 Å². The highest BCUT2D eigenvalue weighted by Gasteiger charge is 2.28. The molecule has 0 spiro atoms. The van der Waals surface area contributed by atoms with E-state index < -0.39 is 11.7 Å². The lowest BCUT2D eigenvalue weighted by Crippen LogP contribution is -2.49. The number of pyridine rings is 1. The van der Waals surface area contributed by atoms with Crippen LogP contribution in [0, 0.1) is 11.3 Å². The number of carbonyl (C=O) groups is 1. The minimum atomic E-state index is -0.524. The standard InChI is InChI=1S/C17H23ClN4O2/c1-17(2,3)24-16(23)21-13-7-5-4-6-12(13)20-14-9-8-11(10-19)15(18)22-14/h8-9,12-13H,4-7H2,1-3H3,(H,20,22)(H,21,23)/t12-,13?/m1/s1. The van der Waals surface area contributed by atoms with Crippen LogP contribution in [0.25, 0.3) is 0 Å². The first-order valence-electron chi connectivity index (χ1n) is 8.11. The van der Waals surface area contributed by atoms with Crippen LogP contribution >= 0.6 is 11.6 Å². The molecule has 2 rings (SSSR count). The molecule has 1 aliphatic carbocycles. The van der Waals surface area contributed by atoms with Crippen LogP contribution in [0.2, 0.25) is 5.15 Å². The van der Waals surface area contributed by atoms with E-state index in [-0.39, 0.29) is 17.2 Å². The highest BCUT2D eigenvalue weighted by Crippen LogP contribution is 2.23. The molecule has 0 aromatic carbocycles. The molecule has 1 amide bonds. The predicted octanol–water partition coefficient (Wildman–Crippen LogP) is 3.85. The molecule has 1 heterocycles. The van der Waals surface area contributed by atoms with Crippen molar-refractivity contribution in [3.8, 4) is 6.07 Å². The summed E-state index contributed by atoms with van der Waals surface area (Å²) in [6.45, 7) is 5.52. The van der Waals surface area contributed by atoms with Gasteiger partial charge in [0.25, 0.3) is 0 Å². The molecule has 0 bridgehead atoms. The number of anilines is 1. The monoisotopic (exact) mass is 350 g/mol. The van der Waals surface area contributed by atoms with Gasteiger partial charge in [0.15, 0.2) is 0 Å². The fraction of sp³-hybridized carbons (Fsp3) is 0.588. The zero-order valence-electron chi connectivity index (χ0n) is 14.2. The van der Waals surface area contributed by atoms with Gasteiger partial charge < -0.3 is 15.4 Å². The summed E-state index contributed by atoms with van der Waals surface area (Å²) in [7, 11) is 0. The number of nitrogens with zero attached hydrogens (tertiary/aromatic N) is 2. The summed E-state index contributed by atoms with van der Waals surface area (Å²) in [4.78, 5) is 16.2. The third-order valence-electron chi connectivity index (χ3n) is 3.77. The van der Waals surface area contributed by atoms with Crippen LogP contribution in [0.4, 0.5) is 10.6 Å². The van der Waals surface area contributed by atoms with Crippen molar-refractivity contribution >= 4 is 23.5 Å². The molecule has 1 saturated carbocycles. The Labute approximate surface area is 147 Å². The molecule has 1 fully saturated rings. The minimum Gasteiger partial charge on any atom is -0.444 e. The molecule has 0 radical (unpaired) electrons. The van der Waals surface area contributed by atoms with E-state index in [9.17, 15) is 4.79 Å². The molecule has 1 aromatic heterocycles. The van der Waals surface area contributed by atoms with E-state index in [1.54, 1.807) is 12.1 Å².